The summed E-state index contributed by atoms with van der Waals surface area (Å²) in [6, 6.07) is 0.447. The third-order valence-electron chi connectivity index (χ3n) is 3.39. The second kappa shape index (κ2) is 6.57. The van der Waals surface area contributed by atoms with Crippen LogP contribution < -0.4 is 10.5 Å². The molecule has 0 atom stereocenters. The third kappa shape index (κ3) is 3.06. The summed E-state index contributed by atoms with van der Waals surface area (Å²) >= 11 is 9.21. The molecule has 0 saturated heterocycles. The molecule has 0 spiro atoms. The molecule has 0 aliphatic heterocycles. The topological polar surface area (TPSA) is 49.0 Å². The standard InChI is InChI=1S/C12H17BrClN3O/c13-10-11(15-8-16-12(10)18)17(7-6-14)9-4-2-1-3-5-9/h8-9H,1-7H2,(H,15,16,18). The molecule has 1 aliphatic rings. The van der Waals surface area contributed by atoms with E-state index in [9.17, 15) is 4.79 Å². The van der Waals surface area contributed by atoms with Crippen LogP contribution in [0.2, 0.25) is 0 Å². The Morgan fingerprint density at radius 1 is 1.44 bits per heavy atom. The van der Waals surface area contributed by atoms with E-state index in [1.165, 1.54) is 25.6 Å². The monoisotopic (exact) mass is 333 g/mol. The summed E-state index contributed by atoms with van der Waals surface area (Å²) in [5.41, 5.74) is -0.143. The van der Waals surface area contributed by atoms with Crippen LogP contribution >= 0.6 is 27.5 Å². The Kier molecular flexibility index (Phi) is 5.06. The molecule has 4 nitrogen and oxygen atoms in total. The largest absolute Gasteiger partial charge is 0.351 e. The quantitative estimate of drug-likeness (QED) is 0.861. The van der Waals surface area contributed by atoms with Gasteiger partial charge in [-0.05, 0) is 28.8 Å². The lowest BCUT2D eigenvalue weighted by Crippen LogP contribution is -2.39. The molecule has 1 fully saturated rings. The smallest absolute Gasteiger partial charge is 0.267 e. The van der Waals surface area contributed by atoms with Gasteiger partial charge in [0.1, 0.15) is 4.47 Å². The Balaban J connectivity index is 2.28. The molecule has 0 bridgehead atoms. The lowest BCUT2D eigenvalue weighted by atomic mass is 9.94. The number of hydrogen-bond acceptors (Lipinski definition) is 3. The van der Waals surface area contributed by atoms with Crippen LogP contribution in [-0.2, 0) is 0 Å². The molecule has 0 radical (unpaired) electrons. The van der Waals surface area contributed by atoms with Gasteiger partial charge in [-0.25, -0.2) is 4.98 Å². The summed E-state index contributed by atoms with van der Waals surface area (Å²) in [6.07, 6.45) is 7.53. The van der Waals surface area contributed by atoms with Crippen molar-refractivity contribution >= 4 is 33.3 Å². The van der Waals surface area contributed by atoms with Gasteiger partial charge in [0.05, 0.1) is 6.33 Å². The Morgan fingerprint density at radius 3 is 2.83 bits per heavy atom. The Labute approximate surface area is 120 Å². The van der Waals surface area contributed by atoms with Gasteiger partial charge in [-0.1, -0.05) is 19.3 Å². The lowest BCUT2D eigenvalue weighted by Gasteiger charge is -2.35. The number of nitrogens with one attached hydrogen (secondary N) is 1. The van der Waals surface area contributed by atoms with Crippen molar-refractivity contribution in [1.29, 1.82) is 0 Å². The van der Waals surface area contributed by atoms with Crippen molar-refractivity contribution in [2.45, 2.75) is 38.1 Å². The number of alkyl halides is 1. The molecule has 1 heterocycles. The first-order valence-electron chi connectivity index (χ1n) is 6.30. The minimum atomic E-state index is -0.143. The van der Waals surface area contributed by atoms with Gasteiger partial charge in [-0.3, -0.25) is 4.79 Å². The maximum atomic E-state index is 11.6. The van der Waals surface area contributed by atoms with Gasteiger partial charge in [-0.15, -0.1) is 11.6 Å². The maximum absolute atomic E-state index is 11.6. The first kappa shape index (κ1) is 13.9. The molecule has 1 aliphatic carbocycles. The second-order valence-electron chi connectivity index (χ2n) is 4.54. The number of nitrogens with zero attached hydrogens (tertiary/aromatic N) is 2. The zero-order valence-corrected chi connectivity index (χ0v) is 12.5. The number of aromatic amines is 1. The highest BCUT2D eigenvalue weighted by Gasteiger charge is 2.24. The zero-order valence-electron chi connectivity index (χ0n) is 10.2. The van der Waals surface area contributed by atoms with Crippen LogP contribution in [0, 0.1) is 0 Å². The van der Waals surface area contributed by atoms with Gasteiger partial charge in [0, 0.05) is 18.5 Å². The van der Waals surface area contributed by atoms with Gasteiger partial charge >= 0.3 is 0 Å². The van der Waals surface area contributed by atoms with E-state index in [1.807, 2.05) is 0 Å². The predicted molar refractivity (Wildman–Crippen MR) is 77.5 cm³/mol. The van der Waals surface area contributed by atoms with Crippen LogP contribution in [0.15, 0.2) is 15.6 Å². The normalized spacial score (nSPS) is 16.8. The Morgan fingerprint density at radius 2 is 2.17 bits per heavy atom. The van der Waals surface area contributed by atoms with Crippen molar-refractivity contribution < 1.29 is 0 Å². The van der Waals surface area contributed by atoms with Crippen molar-refractivity contribution in [1.82, 2.24) is 9.97 Å². The number of anilines is 1. The van der Waals surface area contributed by atoms with Crippen LogP contribution in [0.5, 0.6) is 0 Å². The van der Waals surface area contributed by atoms with Crippen LogP contribution in [0.3, 0.4) is 0 Å². The lowest BCUT2D eigenvalue weighted by molar-refractivity contribution is 0.416. The molecule has 1 aromatic rings. The number of H-pyrrole nitrogens is 1. The van der Waals surface area contributed by atoms with E-state index in [-0.39, 0.29) is 5.56 Å². The first-order chi connectivity index (χ1) is 8.74. The molecule has 1 N–H and O–H groups in total. The van der Waals surface area contributed by atoms with Gasteiger partial charge in [-0.2, -0.15) is 0 Å². The Hall–Kier alpha value is -0.550. The highest BCUT2D eigenvalue weighted by molar-refractivity contribution is 9.10. The summed E-state index contributed by atoms with van der Waals surface area (Å²) in [6.45, 7) is 0.723. The number of hydrogen-bond donors (Lipinski definition) is 1. The predicted octanol–water partition coefficient (Wildman–Crippen LogP) is 2.91. The van der Waals surface area contributed by atoms with Crippen molar-refractivity contribution in [3.05, 3.63) is 21.2 Å². The molecule has 6 heteroatoms. The molecule has 0 amide bonds. The number of aromatic nitrogens is 2. The van der Waals surface area contributed by atoms with Crippen LogP contribution in [-0.4, -0.2) is 28.4 Å². The van der Waals surface area contributed by atoms with E-state index in [0.717, 1.165) is 19.4 Å². The van der Waals surface area contributed by atoms with Gasteiger partial charge in [0.15, 0.2) is 5.82 Å². The van der Waals surface area contributed by atoms with Crippen molar-refractivity contribution in [2.24, 2.45) is 0 Å². The van der Waals surface area contributed by atoms with Crippen LogP contribution in [0.4, 0.5) is 5.82 Å². The number of rotatable bonds is 4. The summed E-state index contributed by atoms with van der Waals surface area (Å²) in [7, 11) is 0. The SMILES string of the molecule is O=c1[nH]cnc(N(CCCl)C2CCCCC2)c1Br. The van der Waals surface area contributed by atoms with E-state index >= 15 is 0 Å². The fourth-order valence-electron chi connectivity index (χ4n) is 2.52. The highest BCUT2D eigenvalue weighted by Crippen LogP contribution is 2.28. The maximum Gasteiger partial charge on any atom is 0.267 e. The molecule has 0 unspecified atom stereocenters. The summed E-state index contributed by atoms with van der Waals surface area (Å²) in [4.78, 5) is 20.7. The minimum Gasteiger partial charge on any atom is -0.351 e. The molecule has 1 saturated carbocycles. The molecular formula is C12H17BrClN3O. The first-order valence-corrected chi connectivity index (χ1v) is 7.62. The van der Waals surface area contributed by atoms with Crippen LogP contribution in [0.25, 0.3) is 0 Å². The Bertz CT molecular complexity index is 445. The average Bonchev–Trinajstić information content (AvgIpc) is 2.41. The zero-order chi connectivity index (χ0) is 13.0. The van der Waals surface area contributed by atoms with Crippen molar-refractivity contribution in [3.8, 4) is 0 Å². The van der Waals surface area contributed by atoms with Gasteiger partial charge in [0.2, 0.25) is 0 Å². The third-order valence-corrected chi connectivity index (χ3v) is 4.27. The summed E-state index contributed by atoms with van der Waals surface area (Å²) in [5, 5.41) is 0. The van der Waals surface area contributed by atoms with Crippen molar-refractivity contribution in [2.75, 3.05) is 17.3 Å². The van der Waals surface area contributed by atoms with Gasteiger partial charge in [0.25, 0.3) is 5.56 Å². The van der Waals surface area contributed by atoms with E-state index in [4.69, 9.17) is 11.6 Å². The van der Waals surface area contributed by atoms with E-state index < -0.39 is 0 Å². The summed E-state index contributed by atoms with van der Waals surface area (Å²) in [5.74, 6) is 1.25. The highest BCUT2D eigenvalue weighted by atomic mass is 79.9. The van der Waals surface area contributed by atoms with Crippen LogP contribution in [0.1, 0.15) is 32.1 Å². The van der Waals surface area contributed by atoms with E-state index in [1.54, 1.807) is 0 Å². The number of halogens is 2. The fourth-order valence-corrected chi connectivity index (χ4v) is 3.15. The molecule has 0 aromatic carbocycles. The van der Waals surface area contributed by atoms with Crippen molar-refractivity contribution in [3.63, 3.8) is 0 Å². The molecular weight excluding hydrogens is 318 g/mol. The van der Waals surface area contributed by atoms with Gasteiger partial charge < -0.3 is 9.88 Å². The van der Waals surface area contributed by atoms with E-state index in [0.29, 0.717) is 22.2 Å². The molecule has 1 aromatic heterocycles. The van der Waals surface area contributed by atoms with E-state index in [2.05, 4.69) is 30.8 Å². The molecule has 18 heavy (non-hydrogen) atoms. The minimum absolute atomic E-state index is 0.143. The molecule has 100 valence electrons. The summed E-state index contributed by atoms with van der Waals surface area (Å²) < 4.78 is 0.501. The molecule has 2 rings (SSSR count). The fraction of sp³-hybridized carbons (Fsp3) is 0.667. The second-order valence-corrected chi connectivity index (χ2v) is 5.71. The average molecular weight is 335 g/mol.